The number of aromatic carboxylic acids is 1. The van der Waals surface area contributed by atoms with Crippen LogP contribution < -0.4 is 5.32 Å². The predicted octanol–water partition coefficient (Wildman–Crippen LogP) is 3.08. The maximum atomic E-state index is 12.3. The lowest BCUT2D eigenvalue weighted by Crippen LogP contribution is -2.35. The molecule has 1 aliphatic carbocycles. The van der Waals surface area contributed by atoms with E-state index in [2.05, 4.69) is 12.2 Å². The van der Waals surface area contributed by atoms with Gasteiger partial charge in [0.25, 0.3) is 5.91 Å². The summed E-state index contributed by atoms with van der Waals surface area (Å²) in [6.45, 7) is 2.24. The molecule has 0 aromatic heterocycles. The minimum Gasteiger partial charge on any atom is -0.478 e. The first-order valence-corrected chi connectivity index (χ1v) is 7.21. The number of nitrogens with one attached hydrogen (secondary N) is 1. The number of carboxylic acids is 1. The van der Waals surface area contributed by atoms with Gasteiger partial charge in [-0.25, -0.2) is 4.79 Å². The molecule has 2 N–H and O–H groups in total. The van der Waals surface area contributed by atoms with Crippen LogP contribution in [0, 0.1) is 5.92 Å². The van der Waals surface area contributed by atoms with Crippen LogP contribution in [0.25, 0.3) is 0 Å². The molecule has 4 heteroatoms. The van der Waals surface area contributed by atoms with Gasteiger partial charge in [0, 0.05) is 6.04 Å². The van der Waals surface area contributed by atoms with E-state index in [0.29, 0.717) is 5.92 Å². The molecule has 1 aliphatic rings. The maximum Gasteiger partial charge on any atom is 0.336 e. The van der Waals surface area contributed by atoms with Crippen LogP contribution in [0.3, 0.4) is 0 Å². The summed E-state index contributed by atoms with van der Waals surface area (Å²) in [5.41, 5.74) is 0.310. The number of hydrogen-bond donors (Lipinski definition) is 2. The van der Waals surface area contributed by atoms with Gasteiger partial charge in [-0.2, -0.15) is 0 Å². The molecule has 2 unspecified atom stereocenters. The first-order valence-electron chi connectivity index (χ1n) is 7.21. The fourth-order valence-corrected chi connectivity index (χ4v) is 2.76. The Kier molecular flexibility index (Phi) is 4.77. The van der Waals surface area contributed by atoms with Crippen molar-refractivity contribution < 1.29 is 14.7 Å². The quantitative estimate of drug-likeness (QED) is 0.833. The van der Waals surface area contributed by atoms with Gasteiger partial charge in [-0.15, -0.1) is 0 Å². The average Bonchev–Trinajstić information content (AvgIpc) is 2.63. The Morgan fingerprint density at radius 3 is 2.50 bits per heavy atom. The molecule has 0 radical (unpaired) electrons. The number of carbonyl (C=O) groups is 2. The number of benzene rings is 1. The second-order valence-corrected chi connectivity index (χ2v) is 5.63. The van der Waals surface area contributed by atoms with Crippen LogP contribution in [0.2, 0.25) is 0 Å². The molecule has 0 heterocycles. The van der Waals surface area contributed by atoms with Gasteiger partial charge in [-0.05, 0) is 37.3 Å². The minimum atomic E-state index is -1.06. The normalized spacial score (nSPS) is 22.9. The largest absolute Gasteiger partial charge is 0.478 e. The second-order valence-electron chi connectivity index (χ2n) is 5.63. The second kappa shape index (κ2) is 6.55. The van der Waals surface area contributed by atoms with Crippen molar-refractivity contribution in [1.82, 2.24) is 5.32 Å². The third-order valence-electron chi connectivity index (χ3n) is 3.99. The van der Waals surface area contributed by atoms with Crippen molar-refractivity contribution in [3.63, 3.8) is 0 Å². The van der Waals surface area contributed by atoms with E-state index >= 15 is 0 Å². The minimum absolute atomic E-state index is 0.0620. The van der Waals surface area contributed by atoms with E-state index in [4.69, 9.17) is 5.11 Å². The molecule has 4 nitrogen and oxygen atoms in total. The molecule has 2 atom stereocenters. The van der Waals surface area contributed by atoms with Crippen molar-refractivity contribution in [2.24, 2.45) is 5.92 Å². The molecule has 20 heavy (non-hydrogen) atoms. The van der Waals surface area contributed by atoms with Crippen molar-refractivity contribution in [2.45, 2.75) is 45.1 Å². The summed E-state index contributed by atoms with van der Waals surface area (Å²) >= 11 is 0. The van der Waals surface area contributed by atoms with Gasteiger partial charge in [0.15, 0.2) is 0 Å². The van der Waals surface area contributed by atoms with Gasteiger partial charge < -0.3 is 10.4 Å². The lowest BCUT2D eigenvalue weighted by Gasteiger charge is -2.17. The van der Waals surface area contributed by atoms with Crippen molar-refractivity contribution >= 4 is 11.9 Å². The van der Waals surface area contributed by atoms with E-state index in [0.717, 1.165) is 25.7 Å². The third kappa shape index (κ3) is 3.59. The molecule has 108 valence electrons. The fraction of sp³-hybridized carbons (Fsp3) is 0.500. The van der Waals surface area contributed by atoms with E-state index in [1.807, 2.05) is 0 Å². The maximum absolute atomic E-state index is 12.3. The molecule has 2 rings (SSSR count). The van der Waals surface area contributed by atoms with E-state index in [1.165, 1.54) is 12.5 Å². The monoisotopic (exact) mass is 275 g/mol. The fourth-order valence-electron chi connectivity index (χ4n) is 2.76. The first-order chi connectivity index (χ1) is 9.58. The molecular weight excluding hydrogens is 254 g/mol. The lowest BCUT2D eigenvalue weighted by atomic mass is 10.0. The molecular formula is C16H21NO3. The predicted molar refractivity (Wildman–Crippen MR) is 76.9 cm³/mol. The van der Waals surface area contributed by atoms with Gasteiger partial charge >= 0.3 is 5.97 Å². The van der Waals surface area contributed by atoms with E-state index < -0.39 is 5.97 Å². The Hall–Kier alpha value is -1.84. The van der Waals surface area contributed by atoms with Gasteiger partial charge in [-0.1, -0.05) is 31.9 Å². The zero-order valence-electron chi connectivity index (χ0n) is 11.8. The van der Waals surface area contributed by atoms with Crippen LogP contribution in [0.15, 0.2) is 24.3 Å². The Labute approximate surface area is 119 Å². The van der Waals surface area contributed by atoms with Crippen LogP contribution in [-0.4, -0.2) is 23.0 Å². The van der Waals surface area contributed by atoms with Gasteiger partial charge in [-0.3, -0.25) is 4.79 Å². The number of carbonyl (C=O) groups excluding carboxylic acids is 1. The Morgan fingerprint density at radius 2 is 1.80 bits per heavy atom. The average molecular weight is 275 g/mol. The summed E-state index contributed by atoms with van der Waals surface area (Å²) in [5, 5.41) is 12.1. The Morgan fingerprint density at radius 1 is 1.10 bits per heavy atom. The topological polar surface area (TPSA) is 66.4 Å². The van der Waals surface area contributed by atoms with Gasteiger partial charge in [0.1, 0.15) is 0 Å². The van der Waals surface area contributed by atoms with E-state index in [9.17, 15) is 9.59 Å². The molecule has 0 saturated heterocycles. The molecule has 1 fully saturated rings. The molecule has 0 spiro atoms. The third-order valence-corrected chi connectivity index (χ3v) is 3.99. The van der Waals surface area contributed by atoms with Gasteiger partial charge in [0.05, 0.1) is 11.1 Å². The summed E-state index contributed by atoms with van der Waals surface area (Å²) in [6.07, 6.45) is 5.39. The molecule has 1 amide bonds. The number of hydrogen-bond acceptors (Lipinski definition) is 2. The first kappa shape index (κ1) is 14.6. The summed E-state index contributed by atoms with van der Waals surface area (Å²) in [7, 11) is 0. The highest BCUT2D eigenvalue weighted by Gasteiger charge is 2.21. The van der Waals surface area contributed by atoms with Crippen LogP contribution in [0.4, 0.5) is 0 Å². The van der Waals surface area contributed by atoms with Crippen LogP contribution in [-0.2, 0) is 0 Å². The van der Waals surface area contributed by atoms with Crippen molar-refractivity contribution in [3.05, 3.63) is 35.4 Å². The van der Waals surface area contributed by atoms with Crippen LogP contribution in [0.1, 0.15) is 59.7 Å². The Bertz CT molecular complexity index is 498. The van der Waals surface area contributed by atoms with Crippen molar-refractivity contribution in [1.29, 1.82) is 0 Å². The van der Waals surface area contributed by atoms with Crippen molar-refractivity contribution in [2.75, 3.05) is 0 Å². The molecule has 1 aromatic rings. The highest BCUT2D eigenvalue weighted by atomic mass is 16.4. The standard InChI is InChI=1S/C16H21NO3/c1-11-5-4-6-12(10-9-11)17-15(18)13-7-2-3-8-14(13)16(19)20/h2-3,7-8,11-12H,4-6,9-10H2,1H3,(H,17,18)(H,19,20). The molecule has 0 bridgehead atoms. The number of carboxylic acid groups (broad SMARTS) is 1. The molecule has 1 saturated carbocycles. The Balaban J connectivity index is 2.06. The summed E-state index contributed by atoms with van der Waals surface area (Å²) in [6, 6.07) is 6.52. The zero-order chi connectivity index (χ0) is 14.5. The van der Waals surface area contributed by atoms with E-state index in [-0.39, 0.29) is 23.1 Å². The SMILES string of the molecule is CC1CCCC(NC(=O)c2ccccc2C(=O)O)CC1. The molecule has 0 aliphatic heterocycles. The lowest BCUT2D eigenvalue weighted by molar-refractivity contribution is 0.0690. The highest BCUT2D eigenvalue weighted by molar-refractivity contribution is 6.04. The van der Waals surface area contributed by atoms with E-state index in [1.54, 1.807) is 18.2 Å². The summed E-state index contributed by atoms with van der Waals surface area (Å²) in [4.78, 5) is 23.4. The summed E-state index contributed by atoms with van der Waals surface area (Å²) < 4.78 is 0. The zero-order valence-corrected chi connectivity index (χ0v) is 11.8. The number of rotatable bonds is 3. The van der Waals surface area contributed by atoms with Gasteiger partial charge in [0.2, 0.25) is 0 Å². The molecule has 1 aromatic carbocycles. The highest BCUT2D eigenvalue weighted by Crippen LogP contribution is 2.23. The summed E-state index contributed by atoms with van der Waals surface area (Å²) in [5.74, 6) is -0.629. The number of amides is 1. The smallest absolute Gasteiger partial charge is 0.336 e. The van der Waals surface area contributed by atoms with Crippen LogP contribution in [0.5, 0.6) is 0 Å². The van der Waals surface area contributed by atoms with Crippen molar-refractivity contribution in [3.8, 4) is 0 Å². The van der Waals surface area contributed by atoms with Crippen LogP contribution >= 0.6 is 0 Å².